The van der Waals surface area contributed by atoms with Crippen molar-refractivity contribution in [2.24, 2.45) is 5.41 Å². The van der Waals surface area contributed by atoms with Crippen LogP contribution in [0.1, 0.15) is 38.3 Å². The Morgan fingerprint density at radius 1 is 1.10 bits per heavy atom. The van der Waals surface area contributed by atoms with Crippen molar-refractivity contribution in [3.63, 3.8) is 0 Å². The molecule has 1 amide bonds. The fourth-order valence-electron chi connectivity index (χ4n) is 3.79. The van der Waals surface area contributed by atoms with Crippen molar-refractivity contribution in [2.45, 2.75) is 40.2 Å². The minimum atomic E-state index is -0.0205. The molecular weight excluding hydrogens is 386 g/mol. The molecule has 1 aliphatic heterocycles. The maximum atomic E-state index is 12.2. The van der Waals surface area contributed by atoms with Crippen LogP contribution in [0.4, 0.5) is 11.4 Å². The van der Waals surface area contributed by atoms with Crippen LogP contribution in [0.25, 0.3) is 0 Å². The number of para-hydroxylation sites is 1. The van der Waals surface area contributed by atoms with E-state index in [0.29, 0.717) is 12.3 Å². The number of anilines is 2. The molecule has 4 rings (SSSR count). The zero-order chi connectivity index (χ0) is 21.8. The molecule has 0 fully saturated rings. The monoisotopic (exact) mass is 415 g/mol. The highest BCUT2D eigenvalue weighted by Gasteiger charge is 2.21. The number of hydrogen-bond donors (Lipinski definition) is 1. The van der Waals surface area contributed by atoms with Crippen LogP contribution < -0.4 is 15.0 Å². The van der Waals surface area contributed by atoms with Crippen LogP contribution in [0, 0.1) is 5.41 Å². The number of amides is 1. The van der Waals surface area contributed by atoms with Gasteiger partial charge in [-0.05, 0) is 53.3 Å². The molecule has 0 aliphatic carbocycles. The summed E-state index contributed by atoms with van der Waals surface area (Å²) in [6.07, 6.45) is 3.35. The fraction of sp³-hybridized carbons (Fsp3) is 0.308. The van der Waals surface area contributed by atoms with Gasteiger partial charge in [0.15, 0.2) is 0 Å². The lowest BCUT2D eigenvalue weighted by Crippen LogP contribution is -2.20. The van der Waals surface area contributed by atoms with Crippen LogP contribution in [-0.2, 0) is 17.8 Å². The molecule has 1 aromatic heterocycles. The van der Waals surface area contributed by atoms with Crippen molar-refractivity contribution < 1.29 is 9.53 Å². The highest BCUT2D eigenvalue weighted by atomic mass is 16.5. The minimum absolute atomic E-state index is 0.0205. The second-order valence-electron chi connectivity index (χ2n) is 9.22. The first-order valence-electron chi connectivity index (χ1n) is 10.7. The van der Waals surface area contributed by atoms with Gasteiger partial charge >= 0.3 is 0 Å². The molecule has 31 heavy (non-hydrogen) atoms. The molecule has 2 aromatic carbocycles. The smallest absolute Gasteiger partial charge is 0.224 e. The van der Waals surface area contributed by atoms with Crippen LogP contribution in [0.15, 0.2) is 66.9 Å². The van der Waals surface area contributed by atoms with E-state index in [1.54, 1.807) is 0 Å². The molecule has 1 N–H and O–H groups in total. The topological polar surface area (TPSA) is 54.5 Å². The largest absolute Gasteiger partial charge is 0.439 e. The van der Waals surface area contributed by atoms with E-state index in [9.17, 15) is 4.79 Å². The first kappa shape index (κ1) is 20.9. The number of fused-ring (bicyclic) bond motifs is 1. The lowest BCUT2D eigenvalue weighted by atomic mass is 9.92. The van der Waals surface area contributed by atoms with Gasteiger partial charge < -0.3 is 15.0 Å². The Hall–Kier alpha value is -3.34. The summed E-state index contributed by atoms with van der Waals surface area (Å²) in [7, 11) is 0. The Balaban J connectivity index is 1.38. The number of ether oxygens (including phenoxy) is 1. The van der Waals surface area contributed by atoms with E-state index in [2.05, 4.69) is 54.2 Å². The summed E-state index contributed by atoms with van der Waals surface area (Å²) >= 11 is 0. The van der Waals surface area contributed by atoms with Crippen molar-refractivity contribution in [1.29, 1.82) is 0 Å². The van der Waals surface area contributed by atoms with E-state index in [4.69, 9.17) is 4.74 Å². The van der Waals surface area contributed by atoms with Gasteiger partial charge in [-0.15, -0.1) is 0 Å². The lowest BCUT2D eigenvalue weighted by molar-refractivity contribution is -0.117. The van der Waals surface area contributed by atoms with E-state index in [1.807, 2.05) is 48.7 Å². The summed E-state index contributed by atoms with van der Waals surface area (Å²) in [6, 6.07) is 19.8. The van der Waals surface area contributed by atoms with E-state index in [0.717, 1.165) is 36.5 Å². The Labute approximate surface area is 184 Å². The normalized spacial score (nSPS) is 13.1. The van der Waals surface area contributed by atoms with Crippen LogP contribution in [-0.4, -0.2) is 17.4 Å². The molecule has 0 atom stereocenters. The van der Waals surface area contributed by atoms with Gasteiger partial charge in [-0.2, -0.15) is 0 Å². The van der Waals surface area contributed by atoms with Crippen molar-refractivity contribution in [2.75, 3.05) is 16.8 Å². The Morgan fingerprint density at radius 2 is 1.90 bits per heavy atom. The van der Waals surface area contributed by atoms with Crippen LogP contribution >= 0.6 is 0 Å². The average Bonchev–Trinajstić information content (AvgIpc) is 3.11. The zero-order valence-corrected chi connectivity index (χ0v) is 18.4. The van der Waals surface area contributed by atoms with Gasteiger partial charge in [0.25, 0.3) is 0 Å². The van der Waals surface area contributed by atoms with E-state index < -0.39 is 0 Å². The highest BCUT2D eigenvalue weighted by molar-refractivity contribution is 5.91. The molecule has 3 aromatic rings. The van der Waals surface area contributed by atoms with E-state index in [1.165, 1.54) is 11.3 Å². The maximum Gasteiger partial charge on any atom is 0.224 e. The van der Waals surface area contributed by atoms with Gasteiger partial charge in [0.2, 0.25) is 11.8 Å². The average molecular weight is 416 g/mol. The molecule has 0 saturated heterocycles. The number of nitrogens with one attached hydrogen (secondary N) is 1. The van der Waals surface area contributed by atoms with Crippen molar-refractivity contribution in [3.8, 4) is 11.6 Å². The number of nitrogens with zero attached hydrogens (tertiary/aromatic N) is 2. The first-order chi connectivity index (χ1) is 14.9. The lowest BCUT2D eigenvalue weighted by Gasteiger charge is -2.20. The van der Waals surface area contributed by atoms with Crippen LogP contribution in [0.2, 0.25) is 0 Å². The van der Waals surface area contributed by atoms with Crippen LogP contribution in [0.5, 0.6) is 11.6 Å². The van der Waals surface area contributed by atoms with Gasteiger partial charge in [-0.1, -0.05) is 45.0 Å². The molecule has 160 valence electrons. The highest BCUT2D eigenvalue weighted by Crippen LogP contribution is 2.32. The second kappa shape index (κ2) is 8.80. The quantitative estimate of drug-likeness (QED) is 0.552. The van der Waals surface area contributed by atoms with Crippen molar-refractivity contribution in [1.82, 2.24) is 4.98 Å². The predicted octanol–water partition coefficient (Wildman–Crippen LogP) is 5.81. The number of carbonyl (C=O) groups is 1. The number of aromatic nitrogens is 1. The minimum Gasteiger partial charge on any atom is -0.439 e. The third-order valence-electron chi connectivity index (χ3n) is 5.18. The Bertz CT molecular complexity index is 1040. The van der Waals surface area contributed by atoms with Gasteiger partial charge in [0.1, 0.15) is 5.75 Å². The molecule has 0 spiro atoms. The van der Waals surface area contributed by atoms with E-state index >= 15 is 0 Å². The molecule has 0 radical (unpaired) electrons. The summed E-state index contributed by atoms with van der Waals surface area (Å²) in [5.74, 6) is 1.43. The zero-order valence-electron chi connectivity index (χ0n) is 18.4. The molecular formula is C26H29N3O2. The number of hydrogen-bond acceptors (Lipinski definition) is 4. The summed E-state index contributed by atoms with van der Waals surface area (Å²) in [4.78, 5) is 19.0. The molecule has 5 nitrogen and oxygen atoms in total. The standard InChI is InChI=1S/C26H29N3O2/c1-26(2,3)16-24(30)28-21-10-11-23-20(15-21)13-14-29(23)18-19-9-12-25(27-17-19)31-22-7-5-4-6-8-22/h4-12,15,17H,13-14,16,18H2,1-3H3,(H,28,30). The summed E-state index contributed by atoms with van der Waals surface area (Å²) < 4.78 is 5.78. The van der Waals surface area contributed by atoms with Crippen molar-refractivity contribution >= 4 is 17.3 Å². The van der Waals surface area contributed by atoms with Crippen LogP contribution in [0.3, 0.4) is 0 Å². The second-order valence-corrected chi connectivity index (χ2v) is 9.22. The van der Waals surface area contributed by atoms with Crippen molar-refractivity contribution in [3.05, 3.63) is 78.0 Å². The molecule has 0 saturated carbocycles. The van der Waals surface area contributed by atoms with Gasteiger partial charge in [-0.25, -0.2) is 4.98 Å². The third kappa shape index (κ3) is 5.63. The van der Waals surface area contributed by atoms with Gasteiger partial charge in [0.05, 0.1) is 0 Å². The number of benzene rings is 2. The number of pyridine rings is 1. The molecule has 0 bridgehead atoms. The summed E-state index contributed by atoms with van der Waals surface area (Å²) in [6.45, 7) is 7.96. The maximum absolute atomic E-state index is 12.2. The molecule has 5 heteroatoms. The fourth-order valence-corrected chi connectivity index (χ4v) is 3.79. The van der Waals surface area contributed by atoms with Gasteiger partial charge in [0, 0.05) is 43.1 Å². The Kier molecular flexibility index (Phi) is 5.94. The first-order valence-corrected chi connectivity index (χ1v) is 10.7. The molecule has 0 unspecified atom stereocenters. The third-order valence-corrected chi connectivity index (χ3v) is 5.18. The summed E-state index contributed by atoms with van der Waals surface area (Å²) in [5, 5.41) is 3.04. The van der Waals surface area contributed by atoms with Gasteiger partial charge in [-0.3, -0.25) is 4.79 Å². The number of rotatable bonds is 6. The molecule has 1 aliphatic rings. The number of carbonyl (C=O) groups excluding carboxylic acids is 1. The predicted molar refractivity (Wildman–Crippen MR) is 125 cm³/mol. The summed E-state index contributed by atoms with van der Waals surface area (Å²) in [5.41, 5.74) is 4.48. The SMILES string of the molecule is CC(C)(C)CC(=O)Nc1ccc2c(c1)CCN2Cc1ccc(Oc2ccccc2)nc1. The Morgan fingerprint density at radius 3 is 2.61 bits per heavy atom. The molecule has 2 heterocycles. The van der Waals surface area contributed by atoms with E-state index in [-0.39, 0.29) is 11.3 Å².